The topological polar surface area (TPSA) is 102 Å². The number of hydrogen-bond acceptors (Lipinski definition) is 6. The maximum Gasteiger partial charge on any atom is 0.334 e. The highest BCUT2D eigenvalue weighted by atomic mass is 28.3. The first-order chi connectivity index (χ1) is 14.1. The van der Waals surface area contributed by atoms with Gasteiger partial charge in [-0.25, -0.2) is 4.79 Å². The van der Waals surface area contributed by atoms with E-state index in [4.69, 9.17) is 14.2 Å². The summed E-state index contributed by atoms with van der Waals surface area (Å²) < 4.78 is 18.0. The van der Waals surface area contributed by atoms with Crippen molar-refractivity contribution in [1.29, 1.82) is 0 Å². The highest BCUT2D eigenvalue weighted by molar-refractivity contribution is 6.76. The second-order valence-electron chi connectivity index (χ2n) is 11.1. The van der Waals surface area contributed by atoms with E-state index in [1.807, 2.05) is 19.9 Å². The van der Waals surface area contributed by atoms with Gasteiger partial charge in [-0.1, -0.05) is 31.3 Å². The minimum atomic E-state index is -1.92. The van der Waals surface area contributed by atoms with Crippen LogP contribution in [0.1, 0.15) is 40.5 Å². The predicted molar refractivity (Wildman–Crippen MR) is 119 cm³/mol. The maximum absolute atomic E-state index is 13.9. The van der Waals surface area contributed by atoms with Crippen molar-refractivity contribution in [1.82, 2.24) is 0 Å². The van der Waals surface area contributed by atoms with Crippen molar-refractivity contribution in [2.24, 2.45) is 5.92 Å². The molecule has 0 spiro atoms. The van der Waals surface area contributed by atoms with E-state index in [0.29, 0.717) is 6.61 Å². The van der Waals surface area contributed by atoms with Gasteiger partial charge in [0.25, 0.3) is 0 Å². The van der Waals surface area contributed by atoms with Crippen LogP contribution in [-0.2, 0) is 23.8 Å². The Balaban J connectivity index is 2.00. The molecule has 3 aliphatic carbocycles. The fraction of sp³-hybridized carbons (Fsp3) is 0.739. The molecule has 174 valence electrons. The molecule has 1 heterocycles. The van der Waals surface area contributed by atoms with Crippen molar-refractivity contribution >= 4 is 19.8 Å². The summed E-state index contributed by atoms with van der Waals surface area (Å²) in [6, 6.07) is 0.955. The second kappa shape index (κ2) is 7.62. The van der Waals surface area contributed by atoms with Crippen LogP contribution in [0.2, 0.25) is 25.7 Å². The molecule has 0 unspecified atom stereocenters. The minimum Gasteiger partial charge on any atom is -0.478 e. The highest BCUT2D eigenvalue weighted by Crippen LogP contribution is 2.65. The molecule has 0 aromatic carbocycles. The molecule has 2 N–H and O–H groups in total. The van der Waals surface area contributed by atoms with Crippen molar-refractivity contribution in [2.75, 3.05) is 13.4 Å². The number of carbonyl (C=O) groups excluding carboxylic acids is 1. The SMILES string of the molecule is CC(C)=CC[C@]12OC(C)(C)[C@@H]3C[C@@](OCOCC[Si](C)(C)C)(C=C(C(=O)O)[C@@]31O)C2=O. The Morgan fingerprint density at radius 3 is 2.52 bits per heavy atom. The molecule has 7 nitrogen and oxygen atoms in total. The molecule has 1 saturated carbocycles. The summed E-state index contributed by atoms with van der Waals surface area (Å²) in [5.41, 5.74) is -5.31. The van der Waals surface area contributed by atoms with E-state index < -0.39 is 48.1 Å². The highest BCUT2D eigenvalue weighted by Gasteiger charge is 2.82. The molecule has 1 saturated heterocycles. The summed E-state index contributed by atoms with van der Waals surface area (Å²) in [6.07, 6.45) is 3.34. The van der Waals surface area contributed by atoms with Crippen molar-refractivity contribution in [3.05, 3.63) is 23.3 Å². The lowest BCUT2D eigenvalue weighted by Crippen LogP contribution is -2.74. The summed E-state index contributed by atoms with van der Waals surface area (Å²) >= 11 is 0. The Morgan fingerprint density at radius 2 is 1.97 bits per heavy atom. The van der Waals surface area contributed by atoms with E-state index in [0.717, 1.165) is 11.6 Å². The van der Waals surface area contributed by atoms with Gasteiger partial charge in [0.15, 0.2) is 11.2 Å². The van der Waals surface area contributed by atoms with Crippen molar-refractivity contribution in [3.63, 3.8) is 0 Å². The first kappa shape index (κ1) is 24.3. The van der Waals surface area contributed by atoms with Crippen LogP contribution in [0.5, 0.6) is 0 Å². The molecule has 4 rings (SSSR count). The second-order valence-corrected chi connectivity index (χ2v) is 16.7. The van der Waals surface area contributed by atoms with Gasteiger partial charge in [-0.2, -0.15) is 0 Å². The number of rotatable bonds is 9. The van der Waals surface area contributed by atoms with Crippen molar-refractivity contribution in [2.45, 2.75) is 88.6 Å². The van der Waals surface area contributed by atoms with Gasteiger partial charge >= 0.3 is 5.97 Å². The molecule has 4 bridgehead atoms. The number of ether oxygens (including phenoxy) is 3. The van der Waals surface area contributed by atoms with E-state index in [1.165, 1.54) is 6.08 Å². The Morgan fingerprint density at radius 1 is 1.32 bits per heavy atom. The number of carboxylic acids is 1. The van der Waals surface area contributed by atoms with Crippen LogP contribution in [0.15, 0.2) is 23.3 Å². The first-order valence-electron chi connectivity index (χ1n) is 10.9. The third-order valence-electron chi connectivity index (χ3n) is 6.87. The van der Waals surface area contributed by atoms with Gasteiger partial charge in [-0.05, 0) is 46.2 Å². The molecule has 0 aromatic heterocycles. The van der Waals surface area contributed by atoms with Crippen LogP contribution in [0, 0.1) is 5.92 Å². The Kier molecular flexibility index (Phi) is 5.98. The van der Waals surface area contributed by atoms with Crippen LogP contribution >= 0.6 is 0 Å². The summed E-state index contributed by atoms with van der Waals surface area (Å²) in [4.78, 5) is 26.1. The van der Waals surface area contributed by atoms with Gasteiger partial charge in [-0.3, -0.25) is 4.79 Å². The third kappa shape index (κ3) is 3.76. The fourth-order valence-electron chi connectivity index (χ4n) is 5.22. The molecule has 1 aliphatic heterocycles. The van der Waals surface area contributed by atoms with Crippen molar-refractivity contribution < 1.29 is 34.0 Å². The molecular formula is C23H36O7Si. The van der Waals surface area contributed by atoms with E-state index in [9.17, 15) is 19.8 Å². The molecule has 4 atom stereocenters. The summed E-state index contributed by atoms with van der Waals surface area (Å²) in [6.45, 7) is 14.5. The number of hydrogen-bond donors (Lipinski definition) is 2. The minimum absolute atomic E-state index is 0.0802. The van der Waals surface area contributed by atoms with Crippen LogP contribution < -0.4 is 0 Å². The zero-order valence-corrected chi connectivity index (χ0v) is 20.7. The number of Topliss-reactive ketones (excluding diaryl/α,β-unsaturated/α-hetero) is 1. The van der Waals surface area contributed by atoms with E-state index in [-0.39, 0.29) is 25.2 Å². The largest absolute Gasteiger partial charge is 0.478 e. The summed E-state index contributed by atoms with van der Waals surface area (Å²) in [5, 5.41) is 21.8. The molecule has 31 heavy (non-hydrogen) atoms. The van der Waals surface area contributed by atoms with E-state index in [2.05, 4.69) is 19.6 Å². The van der Waals surface area contributed by atoms with Crippen LogP contribution in [0.4, 0.5) is 0 Å². The van der Waals surface area contributed by atoms with Gasteiger partial charge in [-0.15, -0.1) is 0 Å². The van der Waals surface area contributed by atoms with Gasteiger partial charge in [0.1, 0.15) is 12.4 Å². The standard InChI is InChI=1S/C23H36O7Si/c1-15(2)8-9-22-19(26)21(29-14-28-10-11-31(5,6)7)12-16(18(24)25)23(22,27)17(13-21)20(3,4)30-22/h8,12,17,27H,9-11,13-14H2,1-7H3,(H,24,25)/t17-,21-,22+,23+/m0/s1. The summed E-state index contributed by atoms with van der Waals surface area (Å²) in [5.74, 6) is -2.31. The van der Waals surface area contributed by atoms with Gasteiger partial charge in [0.05, 0.1) is 11.2 Å². The van der Waals surface area contributed by atoms with Gasteiger partial charge < -0.3 is 24.4 Å². The normalized spacial score (nSPS) is 35.8. The Labute approximate surface area is 185 Å². The number of ketones is 1. The molecule has 0 radical (unpaired) electrons. The number of carbonyl (C=O) groups is 2. The smallest absolute Gasteiger partial charge is 0.334 e. The van der Waals surface area contributed by atoms with Crippen molar-refractivity contribution in [3.8, 4) is 0 Å². The molecule has 2 fully saturated rings. The Hall–Kier alpha value is -1.32. The molecular weight excluding hydrogens is 416 g/mol. The number of aliphatic hydroxyl groups is 1. The van der Waals surface area contributed by atoms with Crippen LogP contribution in [0.3, 0.4) is 0 Å². The van der Waals surface area contributed by atoms with Crippen LogP contribution in [0.25, 0.3) is 0 Å². The van der Waals surface area contributed by atoms with Crippen LogP contribution in [-0.4, -0.2) is 65.8 Å². The molecule has 0 aromatic rings. The third-order valence-corrected chi connectivity index (χ3v) is 8.57. The Bertz CT molecular complexity index is 835. The predicted octanol–water partition coefficient (Wildman–Crippen LogP) is 3.30. The molecule has 4 aliphatic rings. The summed E-state index contributed by atoms with van der Waals surface area (Å²) in [7, 11) is -1.28. The zero-order valence-electron chi connectivity index (χ0n) is 19.7. The average Bonchev–Trinajstić information content (AvgIpc) is 2.76. The first-order valence-corrected chi connectivity index (χ1v) is 14.6. The van der Waals surface area contributed by atoms with Gasteiger partial charge in [0.2, 0.25) is 5.78 Å². The lowest BCUT2D eigenvalue weighted by atomic mass is 9.51. The van der Waals surface area contributed by atoms with E-state index in [1.54, 1.807) is 13.8 Å². The fourth-order valence-corrected chi connectivity index (χ4v) is 5.98. The maximum atomic E-state index is 13.9. The van der Waals surface area contributed by atoms with E-state index >= 15 is 0 Å². The number of carboxylic acid groups (broad SMARTS) is 1. The lowest BCUT2D eigenvalue weighted by molar-refractivity contribution is -0.210. The monoisotopic (exact) mass is 452 g/mol. The molecule has 8 heteroatoms. The lowest BCUT2D eigenvalue weighted by Gasteiger charge is -2.55. The zero-order chi connectivity index (χ0) is 23.5. The quantitative estimate of drug-likeness (QED) is 0.239. The average molecular weight is 453 g/mol. The number of allylic oxidation sites excluding steroid dienone is 1. The molecule has 0 amide bonds. The number of aliphatic carboxylic acids is 1. The van der Waals surface area contributed by atoms with Gasteiger partial charge in [0, 0.05) is 27.0 Å².